The maximum atomic E-state index is 11.2. The number of carboxylic acids is 1. The van der Waals surface area contributed by atoms with Crippen molar-refractivity contribution in [2.75, 3.05) is 11.9 Å². The molecule has 0 amide bonds. The van der Waals surface area contributed by atoms with Crippen LogP contribution in [-0.2, 0) is 4.79 Å². The monoisotopic (exact) mass is 267 g/mol. The summed E-state index contributed by atoms with van der Waals surface area (Å²) in [6.07, 6.45) is 1.86. The van der Waals surface area contributed by atoms with Crippen LogP contribution >= 0.6 is 0 Å². The molecular weight excluding hydrogens is 250 g/mol. The summed E-state index contributed by atoms with van der Waals surface area (Å²) in [4.78, 5) is 25.5. The zero-order chi connectivity index (χ0) is 14.6. The summed E-state index contributed by atoms with van der Waals surface area (Å²) < 4.78 is 0. The van der Waals surface area contributed by atoms with Gasteiger partial charge in [-0.25, -0.2) is 4.98 Å². The first-order valence-electron chi connectivity index (χ1n) is 5.89. The van der Waals surface area contributed by atoms with Gasteiger partial charge in [-0.2, -0.15) is 0 Å². The Morgan fingerprint density at radius 2 is 2.26 bits per heavy atom. The molecule has 0 spiro atoms. The molecule has 7 heteroatoms. The number of carbonyl (C=O) groups is 1. The van der Waals surface area contributed by atoms with E-state index in [1.165, 1.54) is 6.20 Å². The Labute approximate surface area is 110 Å². The zero-order valence-electron chi connectivity index (χ0n) is 11.1. The number of anilines is 1. The van der Waals surface area contributed by atoms with Crippen LogP contribution in [0.3, 0.4) is 0 Å². The summed E-state index contributed by atoms with van der Waals surface area (Å²) in [5.74, 6) is -0.844. The van der Waals surface area contributed by atoms with Crippen molar-refractivity contribution in [1.82, 2.24) is 4.98 Å². The second kappa shape index (κ2) is 5.64. The molecule has 0 saturated heterocycles. The van der Waals surface area contributed by atoms with E-state index >= 15 is 0 Å². The Bertz CT molecular complexity index is 504. The van der Waals surface area contributed by atoms with Crippen molar-refractivity contribution >= 4 is 17.5 Å². The molecule has 0 bridgehead atoms. The Hall–Kier alpha value is -2.18. The Morgan fingerprint density at radius 3 is 2.74 bits per heavy atom. The fraction of sp³-hybridized carbons (Fsp3) is 0.500. The number of aliphatic carboxylic acids is 1. The van der Waals surface area contributed by atoms with Crippen LogP contribution in [0.2, 0.25) is 0 Å². The second-order valence-electron chi connectivity index (χ2n) is 4.66. The van der Waals surface area contributed by atoms with Crippen LogP contribution in [0.15, 0.2) is 12.3 Å². The number of hydrogen-bond donors (Lipinski definition) is 2. The molecule has 0 fully saturated rings. The van der Waals surface area contributed by atoms with Crippen molar-refractivity contribution in [2.24, 2.45) is 5.41 Å². The maximum Gasteiger partial charge on any atom is 0.314 e. The van der Waals surface area contributed by atoms with E-state index in [1.54, 1.807) is 26.8 Å². The Kier molecular flexibility index (Phi) is 4.42. The van der Waals surface area contributed by atoms with Gasteiger partial charge in [0.05, 0.1) is 10.3 Å². The largest absolute Gasteiger partial charge is 0.481 e. The van der Waals surface area contributed by atoms with Crippen molar-refractivity contribution in [3.8, 4) is 0 Å². The van der Waals surface area contributed by atoms with E-state index in [4.69, 9.17) is 5.11 Å². The number of pyridine rings is 1. The van der Waals surface area contributed by atoms with Crippen molar-refractivity contribution in [3.63, 3.8) is 0 Å². The predicted octanol–water partition coefficient (Wildman–Crippen LogP) is 2.21. The third-order valence-electron chi connectivity index (χ3n) is 3.25. The topological polar surface area (TPSA) is 105 Å². The third-order valence-corrected chi connectivity index (χ3v) is 3.25. The van der Waals surface area contributed by atoms with Gasteiger partial charge in [0.25, 0.3) is 0 Å². The molecule has 104 valence electrons. The number of rotatable bonds is 6. The first-order valence-corrected chi connectivity index (χ1v) is 5.89. The first-order chi connectivity index (χ1) is 8.81. The molecule has 0 aliphatic carbocycles. The minimum absolute atomic E-state index is 0.0795. The summed E-state index contributed by atoms with van der Waals surface area (Å²) in [7, 11) is 0. The summed E-state index contributed by atoms with van der Waals surface area (Å²) in [6.45, 7) is 5.04. The minimum atomic E-state index is -0.987. The van der Waals surface area contributed by atoms with E-state index in [9.17, 15) is 14.9 Å². The fourth-order valence-corrected chi connectivity index (χ4v) is 1.54. The Balaban J connectivity index is 2.98. The smallest absolute Gasteiger partial charge is 0.314 e. The molecule has 1 unspecified atom stereocenters. The highest BCUT2D eigenvalue weighted by molar-refractivity contribution is 5.75. The van der Waals surface area contributed by atoms with E-state index in [-0.39, 0.29) is 18.1 Å². The van der Waals surface area contributed by atoms with Crippen LogP contribution < -0.4 is 5.32 Å². The molecule has 0 aliphatic heterocycles. The molecule has 0 aliphatic rings. The van der Waals surface area contributed by atoms with Gasteiger partial charge in [-0.15, -0.1) is 0 Å². The number of aromatic nitrogens is 1. The lowest BCUT2D eigenvalue weighted by Gasteiger charge is -2.23. The highest BCUT2D eigenvalue weighted by Crippen LogP contribution is 2.28. The highest BCUT2D eigenvalue weighted by Gasteiger charge is 2.32. The molecule has 1 atom stereocenters. The van der Waals surface area contributed by atoms with Gasteiger partial charge in [0, 0.05) is 18.3 Å². The summed E-state index contributed by atoms with van der Waals surface area (Å²) in [5, 5.41) is 22.9. The van der Waals surface area contributed by atoms with E-state index < -0.39 is 16.3 Å². The van der Waals surface area contributed by atoms with Gasteiger partial charge in [-0.3, -0.25) is 14.9 Å². The normalized spacial score (nSPS) is 13.6. The van der Waals surface area contributed by atoms with Gasteiger partial charge >= 0.3 is 11.7 Å². The van der Waals surface area contributed by atoms with Gasteiger partial charge in [0.2, 0.25) is 5.82 Å². The minimum Gasteiger partial charge on any atom is -0.481 e. The van der Waals surface area contributed by atoms with Gasteiger partial charge in [-0.05, 0) is 26.3 Å². The lowest BCUT2D eigenvalue weighted by Crippen LogP contribution is -2.34. The molecule has 0 saturated carbocycles. The van der Waals surface area contributed by atoms with Crippen LogP contribution in [0, 0.1) is 22.5 Å². The Morgan fingerprint density at radius 1 is 1.63 bits per heavy atom. The standard InChI is InChI=1S/C12H17N3O4/c1-4-12(3,11(16)17)7-14-10-9(15(18)19)8(2)5-6-13-10/h5-6H,4,7H2,1-3H3,(H,13,14)(H,16,17). The molecule has 2 N–H and O–H groups in total. The second-order valence-corrected chi connectivity index (χ2v) is 4.66. The van der Waals surface area contributed by atoms with E-state index in [1.807, 2.05) is 0 Å². The molecule has 1 rings (SSSR count). The SMILES string of the molecule is CCC(C)(CNc1nccc(C)c1[N+](=O)[O-])C(=O)O. The predicted molar refractivity (Wildman–Crippen MR) is 70.2 cm³/mol. The van der Waals surface area contributed by atoms with E-state index in [0.29, 0.717) is 12.0 Å². The number of aryl methyl sites for hydroxylation is 1. The summed E-state index contributed by atoms with van der Waals surface area (Å²) >= 11 is 0. The molecule has 0 aromatic carbocycles. The third kappa shape index (κ3) is 3.18. The summed E-state index contributed by atoms with van der Waals surface area (Å²) in [5.41, 5.74) is -0.624. The van der Waals surface area contributed by atoms with Crippen LogP contribution in [0.1, 0.15) is 25.8 Å². The van der Waals surface area contributed by atoms with Crippen molar-refractivity contribution in [1.29, 1.82) is 0 Å². The molecule has 0 radical (unpaired) electrons. The van der Waals surface area contributed by atoms with Gasteiger partial charge in [0.15, 0.2) is 0 Å². The van der Waals surface area contributed by atoms with Crippen LogP contribution in [0.4, 0.5) is 11.5 Å². The summed E-state index contributed by atoms with van der Waals surface area (Å²) in [6, 6.07) is 1.54. The van der Waals surface area contributed by atoms with Crippen molar-refractivity contribution < 1.29 is 14.8 Å². The fourth-order valence-electron chi connectivity index (χ4n) is 1.54. The maximum absolute atomic E-state index is 11.2. The van der Waals surface area contributed by atoms with Crippen LogP contribution in [-0.4, -0.2) is 27.5 Å². The highest BCUT2D eigenvalue weighted by atomic mass is 16.6. The molecule has 1 aromatic rings. The molecule has 19 heavy (non-hydrogen) atoms. The van der Waals surface area contributed by atoms with Gasteiger partial charge in [0.1, 0.15) is 0 Å². The van der Waals surface area contributed by atoms with Crippen molar-refractivity contribution in [2.45, 2.75) is 27.2 Å². The number of nitrogens with zero attached hydrogens (tertiary/aromatic N) is 2. The van der Waals surface area contributed by atoms with E-state index in [0.717, 1.165) is 0 Å². The number of nitrogens with one attached hydrogen (secondary N) is 1. The molecule has 7 nitrogen and oxygen atoms in total. The van der Waals surface area contributed by atoms with Crippen LogP contribution in [0.25, 0.3) is 0 Å². The average Bonchev–Trinajstić information content (AvgIpc) is 2.35. The lowest BCUT2D eigenvalue weighted by molar-refractivity contribution is -0.384. The number of carboxylic acid groups (broad SMARTS) is 1. The number of hydrogen-bond acceptors (Lipinski definition) is 5. The van der Waals surface area contributed by atoms with Gasteiger partial charge < -0.3 is 10.4 Å². The number of nitro groups is 1. The van der Waals surface area contributed by atoms with Crippen molar-refractivity contribution in [3.05, 3.63) is 27.9 Å². The van der Waals surface area contributed by atoms with Gasteiger partial charge in [-0.1, -0.05) is 6.92 Å². The van der Waals surface area contributed by atoms with Crippen LogP contribution in [0.5, 0.6) is 0 Å². The average molecular weight is 267 g/mol. The zero-order valence-corrected chi connectivity index (χ0v) is 11.1. The molecule has 1 aromatic heterocycles. The first kappa shape index (κ1) is 14.9. The lowest BCUT2D eigenvalue weighted by atomic mass is 9.88. The molecule has 1 heterocycles. The quantitative estimate of drug-likeness (QED) is 0.604. The van der Waals surface area contributed by atoms with E-state index in [2.05, 4.69) is 10.3 Å². The molecular formula is C12H17N3O4.